The van der Waals surface area contributed by atoms with Crippen LogP contribution in [0.25, 0.3) is 0 Å². The maximum Gasteiger partial charge on any atom is 0.254 e. The zero-order chi connectivity index (χ0) is 17.1. The Kier molecular flexibility index (Phi) is 4.41. The van der Waals surface area contributed by atoms with Crippen molar-refractivity contribution in [1.29, 1.82) is 0 Å². The summed E-state index contributed by atoms with van der Waals surface area (Å²) in [6.45, 7) is 1.98. The number of primary amides is 1. The van der Waals surface area contributed by atoms with Crippen molar-refractivity contribution in [3.63, 3.8) is 0 Å². The molecule has 3 rings (SSSR count). The van der Waals surface area contributed by atoms with Crippen molar-refractivity contribution in [1.82, 2.24) is 9.88 Å². The van der Waals surface area contributed by atoms with Crippen LogP contribution in [0, 0.1) is 5.82 Å². The zero-order valence-corrected chi connectivity index (χ0v) is 13.0. The summed E-state index contributed by atoms with van der Waals surface area (Å²) in [5.41, 5.74) is 6.08. The monoisotopic (exact) mass is 328 g/mol. The highest BCUT2D eigenvalue weighted by Gasteiger charge is 2.25. The molecule has 2 amide bonds. The van der Waals surface area contributed by atoms with E-state index in [-0.39, 0.29) is 5.91 Å². The highest BCUT2D eigenvalue weighted by Crippen LogP contribution is 2.19. The number of anilines is 1. The first kappa shape index (κ1) is 15.9. The summed E-state index contributed by atoms with van der Waals surface area (Å²) >= 11 is 0. The normalized spacial score (nSPS) is 14.5. The molecule has 0 spiro atoms. The van der Waals surface area contributed by atoms with Gasteiger partial charge in [0, 0.05) is 37.9 Å². The van der Waals surface area contributed by atoms with Crippen molar-refractivity contribution in [2.75, 3.05) is 31.1 Å². The molecule has 1 saturated heterocycles. The number of nitrogens with zero attached hydrogens (tertiary/aromatic N) is 3. The molecule has 7 heteroatoms. The first-order chi connectivity index (χ1) is 11.6. The minimum atomic E-state index is -0.531. The maximum absolute atomic E-state index is 13.3. The Labute approximate surface area is 138 Å². The van der Waals surface area contributed by atoms with Gasteiger partial charge in [-0.15, -0.1) is 0 Å². The minimum Gasteiger partial charge on any atom is -0.365 e. The molecule has 2 heterocycles. The van der Waals surface area contributed by atoms with Gasteiger partial charge in [0.05, 0.1) is 5.56 Å². The van der Waals surface area contributed by atoms with Gasteiger partial charge in [0.1, 0.15) is 11.6 Å². The molecule has 1 aromatic carbocycles. The van der Waals surface area contributed by atoms with Crippen molar-refractivity contribution in [2.24, 2.45) is 5.73 Å². The van der Waals surface area contributed by atoms with Crippen LogP contribution in [0.1, 0.15) is 20.7 Å². The fourth-order valence-corrected chi connectivity index (χ4v) is 2.77. The molecule has 0 atom stereocenters. The third-order valence-electron chi connectivity index (χ3n) is 3.99. The molecule has 0 radical (unpaired) electrons. The van der Waals surface area contributed by atoms with Gasteiger partial charge in [0.2, 0.25) is 0 Å². The van der Waals surface area contributed by atoms with E-state index in [0.717, 1.165) is 0 Å². The predicted molar refractivity (Wildman–Crippen MR) is 87.3 cm³/mol. The molecule has 2 aromatic rings. The number of piperazine rings is 1. The fraction of sp³-hybridized carbons (Fsp3) is 0.235. The predicted octanol–water partition coefficient (Wildman–Crippen LogP) is 1.28. The van der Waals surface area contributed by atoms with E-state index in [0.29, 0.717) is 43.1 Å². The van der Waals surface area contributed by atoms with E-state index in [1.807, 2.05) is 4.90 Å². The van der Waals surface area contributed by atoms with Crippen LogP contribution in [0.2, 0.25) is 0 Å². The average Bonchev–Trinajstić information content (AvgIpc) is 2.61. The Hall–Kier alpha value is -2.96. The molecule has 0 saturated carbocycles. The Balaban J connectivity index is 1.70. The molecule has 0 unspecified atom stereocenters. The third kappa shape index (κ3) is 3.19. The van der Waals surface area contributed by atoms with E-state index in [4.69, 9.17) is 5.73 Å². The smallest absolute Gasteiger partial charge is 0.254 e. The summed E-state index contributed by atoms with van der Waals surface area (Å²) in [6.07, 6.45) is 1.60. The van der Waals surface area contributed by atoms with Crippen LogP contribution >= 0.6 is 0 Å². The number of benzene rings is 1. The number of nitrogens with two attached hydrogens (primary N) is 1. The van der Waals surface area contributed by atoms with Crippen molar-refractivity contribution < 1.29 is 14.0 Å². The van der Waals surface area contributed by atoms with Gasteiger partial charge in [-0.3, -0.25) is 9.59 Å². The summed E-state index contributed by atoms with van der Waals surface area (Å²) in [6, 6.07) is 8.95. The van der Waals surface area contributed by atoms with E-state index < -0.39 is 11.7 Å². The van der Waals surface area contributed by atoms with Gasteiger partial charge in [-0.05, 0) is 30.3 Å². The fourth-order valence-electron chi connectivity index (χ4n) is 2.77. The number of pyridine rings is 1. The molecule has 1 aromatic heterocycles. The van der Waals surface area contributed by atoms with Gasteiger partial charge in [0.25, 0.3) is 11.8 Å². The van der Waals surface area contributed by atoms with Gasteiger partial charge in [-0.2, -0.15) is 0 Å². The Morgan fingerprint density at radius 3 is 2.50 bits per heavy atom. The van der Waals surface area contributed by atoms with Crippen molar-refractivity contribution >= 4 is 17.6 Å². The molecular weight excluding hydrogens is 311 g/mol. The highest BCUT2D eigenvalue weighted by atomic mass is 19.1. The van der Waals surface area contributed by atoms with Gasteiger partial charge < -0.3 is 15.5 Å². The van der Waals surface area contributed by atoms with E-state index in [2.05, 4.69) is 4.98 Å². The Bertz CT molecular complexity index is 773. The minimum absolute atomic E-state index is 0.203. The topological polar surface area (TPSA) is 79.5 Å². The molecule has 124 valence electrons. The summed E-state index contributed by atoms with van der Waals surface area (Å²) < 4.78 is 13.3. The summed E-state index contributed by atoms with van der Waals surface area (Å²) in [5.74, 6) is -0.636. The van der Waals surface area contributed by atoms with Crippen molar-refractivity contribution in [3.8, 4) is 0 Å². The van der Waals surface area contributed by atoms with Crippen LogP contribution in [0.15, 0.2) is 42.6 Å². The largest absolute Gasteiger partial charge is 0.365 e. The molecule has 2 N–H and O–H groups in total. The second kappa shape index (κ2) is 6.66. The Morgan fingerprint density at radius 2 is 1.83 bits per heavy atom. The average molecular weight is 328 g/mol. The highest BCUT2D eigenvalue weighted by molar-refractivity contribution is 5.98. The first-order valence-electron chi connectivity index (χ1n) is 7.61. The van der Waals surface area contributed by atoms with Gasteiger partial charge in [-0.1, -0.05) is 6.07 Å². The number of amides is 2. The number of hydrogen-bond donors (Lipinski definition) is 1. The number of aromatic nitrogens is 1. The van der Waals surface area contributed by atoms with Crippen LogP contribution in [-0.4, -0.2) is 47.9 Å². The zero-order valence-electron chi connectivity index (χ0n) is 13.0. The lowest BCUT2D eigenvalue weighted by Gasteiger charge is -2.36. The summed E-state index contributed by atoms with van der Waals surface area (Å²) in [5, 5.41) is 0. The number of halogens is 1. The van der Waals surface area contributed by atoms with Crippen LogP contribution in [0.3, 0.4) is 0 Å². The second-order valence-corrected chi connectivity index (χ2v) is 5.53. The van der Waals surface area contributed by atoms with Crippen LogP contribution in [0.5, 0.6) is 0 Å². The third-order valence-corrected chi connectivity index (χ3v) is 3.99. The number of hydrogen-bond acceptors (Lipinski definition) is 4. The number of carbonyl (C=O) groups is 2. The number of carbonyl (C=O) groups excluding carboxylic acids is 2. The standard InChI is InChI=1S/C17H17FN4O2/c18-13-4-1-3-12(11-13)17(24)22-9-7-21(8-10-22)16-14(15(19)23)5-2-6-20-16/h1-6,11H,7-10H2,(H2,19,23). The molecule has 24 heavy (non-hydrogen) atoms. The summed E-state index contributed by atoms with van der Waals surface area (Å²) in [7, 11) is 0. The quantitative estimate of drug-likeness (QED) is 0.920. The Morgan fingerprint density at radius 1 is 1.08 bits per heavy atom. The lowest BCUT2D eigenvalue weighted by Crippen LogP contribution is -2.49. The van der Waals surface area contributed by atoms with Crippen LogP contribution < -0.4 is 10.6 Å². The summed E-state index contributed by atoms with van der Waals surface area (Å²) in [4.78, 5) is 31.8. The molecule has 6 nitrogen and oxygen atoms in total. The van der Waals surface area contributed by atoms with E-state index in [9.17, 15) is 14.0 Å². The lowest BCUT2D eigenvalue weighted by molar-refractivity contribution is 0.0745. The first-order valence-corrected chi connectivity index (χ1v) is 7.61. The molecule has 1 fully saturated rings. The molecule has 1 aliphatic heterocycles. The van der Waals surface area contributed by atoms with Gasteiger partial charge >= 0.3 is 0 Å². The maximum atomic E-state index is 13.3. The van der Waals surface area contributed by atoms with Crippen LogP contribution in [-0.2, 0) is 0 Å². The van der Waals surface area contributed by atoms with Gasteiger partial charge in [0.15, 0.2) is 0 Å². The van der Waals surface area contributed by atoms with Crippen molar-refractivity contribution in [3.05, 3.63) is 59.5 Å². The second-order valence-electron chi connectivity index (χ2n) is 5.53. The van der Waals surface area contributed by atoms with Crippen LogP contribution in [0.4, 0.5) is 10.2 Å². The SMILES string of the molecule is NC(=O)c1cccnc1N1CCN(C(=O)c2cccc(F)c2)CC1. The lowest BCUT2D eigenvalue weighted by atomic mass is 10.1. The molecule has 0 aliphatic carbocycles. The molecule has 1 aliphatic rings. The van der Waals surface area contributed by atoms with E-state index in [1.54, 1.807) is 29.3 Å². The molecular formula is C17H17FN4O2. The van der Waals surface area contributed by atoms with Gasteiger partial charge in [-0.25, -0.2) is 9.37 Å². The van der Waals surface area contributed by atoms with E-state index >= 15 is 0 Å². The van der Waals surface area contributed by atoms with E-state index in [1.165, 1.54) is 18.2 Å². The molecule has 0 bridgehead atoms. The van der Waals surface area contributed by atoms with Crippen molar-refractivity contribution in [2.45, 2.75) is 0 Å². The number of rotatable bonds is 3.